The van der Waals surface area contributed by atoms with Gasteiger partial charge in [0.2, 0.25) is 11.7 Å². The molecular weight excluding hydrogens is 558 g/mol. The Morgan fingerprint density at radius 1 is 1.23 bits per heavy atom. The van der Waals surface area contributed by atoms with E-state index in [2.05, 4.69) is 34.5 Å². The number of urea groups is 1. The number of nitrogens with zero attached hydrogens (tertiary/aromatic N) is 5. The van der Waals surface area contributed by atoms with Crippen LogP contribution < -0.4 is 26.8 Å². The van der Waals surface area contributed by atoms with Gasteiger partial charge in [0, 0.05) is 18.7 Å². The number of aliphatic hydroxyl groups is 2. The van der Waals surface area contributed by atoms with E-state index in [1.54, 1.807) is 12.1 Å². The second kappa shape index (κ2) is 9.98. The molecule has 5 aliphatic rings. The number of guanidine groups is 2. The molecule has 1 unspecified atom stereocenters. The van der Waals surface area contributed by atoms with E-state index in [1.807, 2.05) is 13.0 Å². The maximum Gasteiger partial charge on any atom is 0.327 e. The zero-order chi connectivity index (χ0) is 30.9. The normalized spacial score (nSPS) is 30.2. The molecule has 1 aromatic carbocycles. The number of nitrogens with one attached hydrogen (secondary N) is 2. The highest BCUT2D eigenvalue weighted by molar-refractivity contribution is 6.02. The Morgan fingerprint density at radius 3 is 2.74 bits per heavy atom. The van der Waals surface area contributed by atoms with Gasteiger partial charge in [-0.1, -0.05) is 39.3 Å². The maximum atomic E-state index is 13.6. The van der Waals surface area contributed by atoms with E-state index in [1.165, 1.54) is 9.80 Å². The Kier molecular flexibility index (Phi) is 6.73. The van der Waals surface area contributed by atoms with Crippen molar-refractivity contribution in [2.24, 2.45) is 21.5 Å². The number of hydrogen-bond donors (Lipinski definition) is 6. The van der Waals surface area contributed by atoms with Crippen LogP contribution in [0.3, 0.4) is 0 Å². The van der Waals surface area contributed by atoms with Crippen LogP contribution in [0.4, 0.5) is 4.79 Å². The summed E-state index contributed by atoms with van der Waals surface area (Å²) in [5.74, 6) is -3.32. The lowest BCUT2D eigenvalue weighted by Crippen LogP contribution is -2.78. The van der Waals surface area contributed by atoms with Gasteiger partial charge in [0.05, 0.1) is 24.8 Å². The molecule has 0 bridgehead atoms. The molecule has 15 heteroatoms. The number of carbonyl (C=O) groups excluding carboxylic acids is 3. The summed E-state index contributed by atoms with van der Waals surface area (Å²) in [5.41, 5.74) is 11.6. The van der Waals surface area contributed by atoms with Gasteiger partial charge in [0.25, 0.3) is 5.91 Å². The van der Waals surface area contributed by atoms with Crippen molar-refractivity contribution in [1.29, 1.82) is 0 Å². The van der Waals surface area contributed by atoms with Crippen LogP contribution in [0.15, 0.2) is 28.2 Å². The number of para-hydroxylation sites is 1. The highest BCUT2D eigenvalue weighted by atomic mass is 16.5. The molecule has 0 aromatic heterocycles. The monoisotopic (exact) mass is 597 g/mol. The third kappa shape index (κ3) is 4.27. The largest absolute Gasteiger partial charge is 0.492 e. The summed E-state index contributed by atoms with van der Waals surface area (Å²) < 4.78 is 5.90. The van der Waals surface area contributed by atoms with Gasteiger partial charge >= 0.3 is 6.03 Å². The summed E-state index contributed by atoms with van der Waals surface area (Å²) in [5, 5.41) is 29.2. The Hall–Kier alpha value is -4.11. The number of aliphatic imine (C=N–C) groups is 2. The summed E-state index contributed by atoms with van der Waals surface area (Å²) in [7, 11) is 0. The Bertz CT molecular complexity index is 1430. The molecule has 4 amide bonds. The van der Waals surface area contributed by atoms with E-state index in [4.69, 9.17) is 16.2 Å². The molecule has 1 aromatic rings. The Morgan fingerprint density at radius 2 is 2.00 bits per heavy atom. The van der Waals surface area contributed by atoms with Gasteiger partial charge in [-0.25, -0.2) is 14.8 Å². The maximum absolute atomic E-state index is 13.6. The first kappa shape index (κ1) is 29.0. The van der Waals surface area contributed by atoms with Crippen LogP contribution in [-0.2, 0) is 10.2 Å². The standard InChI is InChI=1S/C28H39N9O6/c1-4-5-10-35-14-19(38)36(25(35)40)12-17-21-27(34-23(29)33-21)28(41,42)18(13-37(27)24(30)31-17)32-22(39)15-7-6-8-16-20(15)43-11-9-26(16,2)3/h6-8,17-18,21,41-42H,4-5,9-14H2,1-3H3,(H2,30,31)(H,32,39)(H3,29,33,34)/t17-,18?,21-,27-/m0/s1. The molecule has 6 rings (SSSR count). The van der Waals surface area contributed by atoms with Crippen molar-refractivity contribution in [2.75, 3.05) is 32.8 Å². The number of fused-ring (bicyclic) bond motifs is 1. The van der Waals surface area contributed by atoms with Gasteiger partial charge in [-0.3, -0.25) is 14.5 Å². The van der Waals surface area contributed by atoms with Gasteiger partial charge in [0.15, 0.2) is 17.6 Å². The number of imide groups is 1. The minimum Gasteiger partial charge on any atom is -0.492 e. The van der Waals surface area contributed by atoms with Crippen molar-refractivity contribution < 1.29 is 29.3 Å². The predicted octanol–water partition coefficient (Wildman–Crippen LogP) is -1.41. The topological polar surface area (TPSA) is 211 Å². The number of nitrogens with two attached hydrogens (primary N) is 2. The van der Waals surface area contributed by atoms with Crippen molar-refractivity contribution in [3.63, 3.8) is 0 Å². The zero-order valence-electron chi connectivity index (χ0n) is 24.5. The number of unbranched alkanes of at least 4 members (excludes halogenated alkanes) is 1. The summed E-state index contributed by atoms with van der Waals surface area (Å²) in [4.78, 5) is 52.4. The fourth-order valence-electron chi connectivity index (χ4n) is 6.90. The summed E-state index contributed by atoms with van der Waals surface area (Å²) in [6.45, 7) is 6.69. The fourth-order valence-corrected chi connectivity index (χ4v) is 6.90. The molecule has 232 valence electrons. The number of ether oxygens (including phenoxy) is 1. The SMILES string of the molecule is CCCCN1CC(=O)N(C[C@@H]2N=C(N)N3CC(NC(=O)c4cccc5c4OCCC5(C)C)C(O)(O)[C@@]34NC(N)=N[C@@H]24)C1=O. The molecule has 2 fully saturated rings. The average molecular weight is 598 g/mol. The van der Waals surface area contributed by atoms with E-state index in [0.29, 0.717) is 18.9 Å². The molecular formula is C28H39N9O6. The van der Waals surface area contributed by atoms with Gasteiger partial charge < -0.3 is 46.9 Å². The van der Waals surface area contributed by atoms with Crippen molar-refractivity contribution in [3.05, 3.63) is 29.3 Å². The number of amides is 4. The van der Waals surface area contributed by atoms with E-state index < -0.39 is 41.5 Å². The first-order valence-electron chi connectivity index (χ1n) is 14.7. The molecule has 4 atom stereocenters. The number of hydrogen-bond acceptors (Lipinski definition) is 12. The summed E-state index contributed by atoms with van der Waals surface area (Å²) >= 11 is 0. The van der Waals surface area contributed by atoms with Crippen LogP contribution >= 0.6 is 0 Å². The molecule has 0 saturated carbocycles. The Labute approximate surface area is 248 Å². The average Bonchev–Trinajstić information content (AvgIpc) is 3.52. The van der Waals surface area contributed by atoms with Crippen LogP contribution in [-0.4, -0.2) is 117 Å². The lowest BCUT2D eigenvalue weighted by molar-refractivity contribution is -0.230. The van der Waals surface area contributed by atoms with Crippen molar-refractivity contribution in [2.45, 2.75) is 75.0 Å². The minimum absolute atomic E-state index is 0.0432. The Balaban J connectivity index is 1.28. The molecule has 0 aliphatic carbocycles. The van der Waals surface area contributed by atoms with Gasteiger partial charge in [-0.2, -0.15) is 0 Å². The van der Waals surface area contributed by atoms with Gasteiger partial charge in [-0.15, -0.1) is 0 Å². The van der Waals surface area contributed by atoms with Gasteiger partial charge in [-0.05, 0) is 24.3 Å². The first-order chi connectivity index (χ1) is 20.3. The van der Waals surface area contributed by atoms with Crippen LogP contribution in [0.5, 0.6) is 5.75 Å². The fraction of sp³-hybridized carbons (Fsp3) is 0.607. The predicted molar refractivity (Wildman–Crippen MR) is 155 cm³/mol. The zero-order valence-corrected chi connectivity index (χ0v) is 24.5. The highest BCUT2D eigenvalue weighted by Gasteiger charge is 2.73. The molecule has 2 saturated heterocycles. The van der Waals surface area contributed by atoms with Crippen molar-refractivity contribution in [3.8, 4) is 5.75 Å². The van der Waals surface area contributed by atoms with Crippen molar-refractivity contribution in [1.82, 2.24) is 25.3 Å². The third-order valence-corrected chi connectivity index (χ3v) is 9.35. The lowest BCUT2D eigenvalue weighted by Gasteiger charge is -2.49. The first-order valence-corrected chi connectivity index (χ1v) is 14.7. The number of benzene rings is 1. The van der Waals surface area contributed by atoms with Gasteiger partial charge in [0.1, 0.15) is 24.4 Å². The molecule has 5 heterocycles. The molecule has 43 heavy (non-hydrogen) atoms. The molecule has 1 spiro atoms. The van der Waals surface area contributed by atoms with E-state index in [9.17, 15) is 24.6 Å². The number of carbonyl (C=O) groups is 3. The molecule has 5 aliphatic heterocycles. The highest BCUT2D eigenvalue weighted by Crippen LogP contribution is 2.45. The third-order valence-electron chi connectivity index (χ3n) is 9.35. The van der Waals surface area contributed by atoms with Crippen LogP contribution in [0.1, 0.15) is 56.0 Å². The summed E-state index contributed by atoms with van der Waals surface area (Å²) in [6.07, 6.45) is 2.42. The van der Waals surface area contributed by atoms with E-state index in [0.717, 1.165) is 29.7 Å². The van der Waals surface area contributed by atoms with Crippen LogP contribution in [0.2, 0.25) is 0 Å². The minimum atomic E-state index is -2.67. The van der Waals surface area contributed by atoms with Crippen LogP contribution in [0, 0.1) is 0 Å². The molecule has 8 N–H and O–H groups in total. The van der Waals surface area contributed by atoms with Crippen molar-refractivity contribution >= 4 is 29.8 Å². The number of rotatable bonds is 7. The lowest BCUT2D eigenvalue weighted by atomic mass is 9.79. The van der Waals surface area contributed by atoms with Crippen LogP contribution in [0.25, 0.3) is 0 Å². The molecule has 0 radical (unpaired) electrons. The summed E-state index contributed by atoms with van der Waals surface area (Å²) in [6, 6.07) is 1.61. The second-order valence-corrected chi connectivity index (χ2v) is 12.5. The quantitative estimate of drug-likeness (QED) is 0.160. The second-order valence-electron chi connectivity index (χ2n) is 12.5. The van der Waals surface area contributed by atoms with E-state index >= 15 is 0 Å². The smallest absolute Gasteiger partial charge is 0.327 e. The molecule has 15 nitrogen and oxygen atoms in total. The van der Waals surface area contributed by atoms with E-state index in [-0.39, 0.29) is 48.4 Å².